The summed E-state index contributed by atoms with van der Waals surface area (Å²) in [4.78, 5) is 19.4. The second-order valence-corrected chi connectivity index (χ2v) is 7.46. The first-order chi connectivity index (χ1) is 11.5. The molecule has 3 rings (SSSR count). The fraction of sp³-hybridized carbons (Fsp3) is 0.474. The van der Waals surface area contributed by atoms with Crippen molar-refractivity contribution in [2.75, 3.05) is 14.2 Å². The van der Waals surface area contributed by atoms with E-state index in [1.807, 2.05) is 31.0 Å². The van der Waals surface area contributed by atoms with Gasteiger partial charge in [-0.2, -0.15) is 0 Å². The Kier molecular flexibility index (Phi) is 4.63. The molecule has 1 aliphatic rings. The molecule has 0 bridgehead atoms. The lowest BCUT2D eigenvalue weighted by atomic mass is 9.93. The number of carbonyl (C=O) groups is 1. The number of likely N-dealkylation sites (N-methyl/N-ethyl adjacent to an activating group) is 1. The van der Waals surface area contributed by atoms with Gasteiger partial charge in [0, 0.05) is 12.4 Å². The summed E-state index contributed by atoms with van der Waals surface area (Å²) >= 11 is 1.66. The Balaban J connectivity index is 1.78. The zero-order valence-electron chi connectivity index (χ0n) is 14.8. The maximum absolute atomic E-state index is 13.1. The minimum absolute atomic E-state index is 0.180. The van der Waals surface area contributed by atoms with E-state index in [9.17, 15) is 4.79 Å². The molecule has 0 N–H and O–H groups in total. The smallest absolute Gasteiger partial charge is 0.233 e. The summed E-state index contributed by atoms with van der Waals surface area (Å²) in [5.74, 6) is 1.03. The molecule has 0 saturated heterocycles. The van der Waals surface area contributed by atoms with E-state index in [0.717, 1.165) is 46.8 Å². The van der Waals surface area contributed by atoms with E-state index in [4.69, 9.17) is 4.74 Å². The number of nitrogens with zero attached hydrogens (tertiary/aromatic N) is 2. The first-order valence-electron chi connectivity index (χ1n) is 8.34. The van der Waals surface area contributed by atoms with Gasteiger partial charge in [0.05, 0.1) is 29.8 Å². The Morgan fingerprint density at radius 1 is 1.42 bits per heavy atom. The molecule has 0 spiro atoms. The third-order valence-corrected chi connectivity index (χ3v) is 5.81. The normalized spacial score (nSPS) is 15.2. The summed E-state index contributed by atoms with van der Waals surface area (Å²) in [6, 6.07) is 6.12. The molecule has 1 fully saturated rings. The van der Waals surface area contributed by atoms with Crippen molar-refractivity contribution in [3.63, 3.8) is 0 Å². The molecular weight excluding hydrogens is 320 g/mol. The number of aryl methyl sites for hydroxylation is 2. The van der Waals surface area contributed by atoms with Crippen molar-refractivity contribution in [2.24, 2.45) is 0 Å². The van der Waals surface area contributed by atoms with Crippen molar-refractivity contribution in [3.8, 4) is 5.75 Å². The molecule has 5 heteroatoms. The van der Waals surface area contributed by atoms with Crippen molar-refractivity contribution in [1.82, 2.24) is 9.88 Å². The zero-order chi connectivity index (χ0) is 17.3. The van der Waals surface area contributed by atoms with Gasteiger partial charge in [-0.25, -0.2) is 4.98 Å². The van der Waals surface area contributed by atoms with Crippen LogP contribution in [0.5, 0.6) is 5.75 Å². The average Bonchev–Trinajstić information content (AvgIpc) is 3.28. The van der Waals surface area contributed by atoms with E-state index in [2.05, 4.69) is 23.4 Å². The molecule has 128 valence electrons. The van der Waals surface area contributed by atoms with Gasteiger partial charge in [-0.05, 0) is 43.4 Å². The van der Waals surface area contributed by atoms with Crippen LogP contribution in [0.3, 0.4) is 0 Å². The van der Waals surface area contributed by atoms with Crippen LogP contribution in [-0.2, 0) is 23.2 Å². The third-order valence-electron chi connectivity index (χ3n) is 4.77. The minimum atomic E-state index is -0.376. The lowest BCUT2D eigenvalue weighted by Crippen LogP contribution is -2.36. The van der Waals surface area contributed by atoms with Crippen LogP contribution in [0.25, 0.3) is 0 Å². The van der Waals surface area contributed by atoms with Crippen LogP contribution in [0.1, 0.15) is 41.6 Å². The highest BCUT2D eigenvalue weighted by Crippen LogP contribution is 2.50. The third kappa shape index (κ3) is 3.05. The van der Waals surface area contributed by atoms with Crippen LogP contribution < -0.4 is 4.74 Å². The largest absolute Gasteiger partial charge is 0.496 e. The average molecular weight is 344 g/mol. The van der Waals surface area contributed by atoms with Crippen LogP contribution in [0.15, 0.2) is 23.6 Å². The quantitative estimate of drug-likeness (QED) is 0.802. The molecule has 1 heterocycles. The Morgan fingerprint density at radius 2 is 2.17 bits per heavy atom. The predicted molar refractivity (Wildman–Crippen MR) is 96.6 cm³/mol. The number of rotatable bonds is 6. The number of benzene rings is 1. The molecule has 1 aliphatic carbocycles. The highest BCUT2D eigenvalue weighted by Gasteiger charge is 2.52. The number of amides is 1. The van der Waals surface area contributed by atoms with Gasteiger partial charge in [0.2, 0.25) is 5.91 Å². The molecule has 0 radical (unpaired) electrons. The minimum Gasteiger partial charge on any atom is -0.496 e. The fourth-order valence-electron chi connectivity index (χ4n) is 3.13. The molecule has 0 unspecified atom stereocenters. The van der Waals surface area contributed by atoms with Crippen LogP contribution in [0.2, 0.25) is 0 Å². The number of carbonyl (C=O) groups excluding carboxylic acids is 1. The summed E-state index contributed by atoms with van der Waals surface area (Å²) in [6.07, 6.45) is 2.74. The second-order valence-electron chi connectivity index (χ2n) is 6.51. The summed E-state index contributed by atoms with van der Waals surface area (Å²) < 4.78 is 5.43. The molecule has 1 aromatic carbocycles. The molecule has 0 atom stereocenters. The van der Waals surface area contributed by atoms with E-state index in [0.29, 0.717) is 6.54 Å². The van der Waals surface area contributed by atoms with Gasteiger partial charge in [-0.15, -0.1) is 11.3 Å². The maximum Gasteiger partial charge on any atom is 0.233 e. The van der Waals surface area contributed by atoms with Crippen molar-refractivity contribution in [2.45, 2.75) is 45.1 Å². The van der Waals surface area contributed by atoms with Gasteiger partial charge >= 0.3 is 0 Å². The topological polar surface area (TPSA) is 42.4 Å². The Morgan fingerprint density at radius 3 is 2.75 bits per heavy atom. The highest BCUT2D eigenvalue weighted by molar-refractivity contribution is 7.09. The van der Waals surface area contributed by atoms with Crippen LogP contribution in [0, 0.1) is 6.92 Å². The fourth-order valence-corrected chi connectivity index (χ4v) is 3.87. The van der Waals surface area contributed by atoms with Crippen molar-refractivity contribution >= 4 is 17.2 Å². The highest BCUT2D eigenvalue weighted by atomic mass is 32.1. The molecule has 24 heavy (non-hydrogen) atoms. The summed E-state index contributed by atoms with van der Waals surface area (Å²) in [5.41, 5.74) is 2.76. The first kappa shape index (κ1) is 17.0. The monoisotopic (exact) mass is 344 g/mol. The van der Waals surface area contributed by atoms with Crippen LogP contribution >= 0.6 is 11.3 Å². The molecule has 0 aliphatic heterocycles. The van der Waals surface area contributed by atoms with Crippen molar-refractivity contribution < 1.29 is 9.53 Å². The van der Waals surface area contributed by atoms with Gasteiger partial charge in [0.15, 0.2) is 0 Å². The van der Waals surface area contributed by atoms with E-state index in [1.165, 1.54) is 0 Å². The lowest BCUT2D eigenvalue weighted by Gasteiger charge is -2.24. The zero-order valence-corrected chi connectivity index (χ0v) is 15.6. The number of thiazole rings is 1. The number of methoxy groups -OCH3 is 1. The molecule has 2 aromatic rings. The SMILES string of the molecule is CCc1nc(CN(C)C(=O)C2(c3ccc(C)c(OC)c3)CC2)cs1. The Labute approximate surface area is 147 Å². The van der Waals surface area contributed by atoms with Crippen LogP contribution in [0.4, 0.5) is 0 Å². The van der Waals surface area contributed by atoms with Crippen molar-refractivity contribution in [3.05, 3.63) is 45.4 Å². The van der Waals surface area contributed by atoms with Gasteiger partial charge in [-0.1, -0.05) is 19.1 Å². The van der Waals surface area contributed by atoms with E-state index in [-0.39, 0.29) is 11.3 Å². The van der Waals surface area contributed by atoms with E-state index >= 15 is 0 Å². The molecule has 4 nitrogen and oxygen atoms in total. The Hall–Kier alpha value is -1.88. The van der Waals surface area contributed by atoms with Crippen LogP contribution in [-0.4, -0.2) is 29.9 Å². The van der Waals surface area contributed by atoms with Crippen molar-refractivity contribution in [1.29, 1.82) is 0 Å². The van der Waals surface area contributed by atoms with Gasteiger partial charge < -0.3 is 9.64 Å². The molecule has 1 amide bonds. The second kappa shape index (κ2) is 6.55. The first-order valence-corrected chi connectivity index (χ1v) is 9.22. The maximum atomic E-state index is 13.1. The van der Waals surface area contributed by atoms with Gasteiger partial charge in [0.1, 0.15) is 5.75 Å². The molecule has 1 aromatic heterocycles. The summed E-state index contributed by atoms with van der Waals surface area (Å²) in [7, 11) is 3.55. The Bertz CT molecular complexity index is 750. The van der Waals surface area contributed by atoms with E-state index < -0.39 is 0 Å². The number of ether oxygens (including phenoxy) is 1. The standard InChI is InChI=1S/C19H24N2O2S/c1-5-17-20-15(12-24-17)11-21(3)18(22)19(8-9-19)14-7-6-13(2)16(10-14)23-4/h6-7,10,12H,5,8-9,11H2,1-4H3. The number of hydrogen-bond donors (Lipinski definition) is 0. The number of aromatic nitrogens is 1. The molecule has 1 saturated carbocycles. The predicted octanol–water partition coefficient (Wildman–Crippen LogP) is 3.71. The number of hydrogen-bond acceptors (Lipinski definition) is 4. The van der Waals surface area contributed by atoms with E-state index in [1.54, 1.807) is 18.4 Å². The van der Waals surface area contributed by atoms with Gasteiger partial charge in [0.25, 0.3) is 0 Å². The molecular formula is C19H24N2O2S. The van der Waals surface area contributed by atoms with Gasteiger partial charge in [-0.3, -0.25) is 4.79 Å². The lowest BCUT2D eigenvalue weighted by molar-refractivity contribution is -0.133. The summed E-state index contributed by atoms with van der Waals surface area (Å²) in [6.45, 7) is 4.69. The summed E-state index contributed by atoms with van der Waals surface area (Å²) in [5, 5.41) is 3.17.